The number of benzene rings is 2. The van der Waals surface area contributed by atoms with Crippen LogP contribution in [-0.4, -0.2) is 18.4 Å². The van der Waals surface area contributed by atoms with Crippen LogP contribution in [0.2, 0.25) is 0 Å². The Bertz CT molecular complexity index is 783. The second-order valence-electron chi connectivity index (χ2n) is 7.17. The zero-order chi connectivity index (χ0) is 19.8. The van der Waals surface area contributed by atoms with Gasteiger partial charge in [0.2, 0.25) is 11.8 Å². The van der Waals surface area contributed by atoms with Crippen LogP contribution < -0.4 is 15.4 Å². The van der Waals surface area contributed by atoms with Crippen molar-refractivity contribution in [3.8, 4) is 5.75 Å². The fourth-order valence-corrected chi connectivity index (χ4v) is 3.63. The smallest absolute Gasteiger partial charge is 0.227 e. The van der Waals surface area contributed by atoms with E-state index in [0.29, 0.717) is 24.6 Å². The maximum atomic E-state index is 12.6. The largest absolute Gasteiger partial charge is 0.492 e. The monoisotopic (exact) mass is 380 g/mol. The number of carbonyl (C=O) groups is 2. The highest BCUT2D eigenvalue weighted by molar-refractivity contribution is 5.94. The van der Waals surface area contributed by atoms with Gasteiger partial charge >= 0.3 is 0 Å². The van der Waals surface area contributed by atoms with Crippen LogP contribution in [0.15, 0.2) is 54.6 Å². The number of para-hydroxylation sites is 2. The van der Waals surface area contributed by atoms with Gasteiger partial charge in [-0.1, -0.05) is 42.5 Å². The highest BCUT2D eigenvalue weighted by Gasteiger charge is 2.30. The van der Waals surface area contributed by atoms with Gasteiger partial charge in [0.05, 0.1) is 12.3 Å². The lowest BCUT2D eigenvalue weighted by Crippen LogP contribution is -2.35. The van der Waals surface area contributed by atoms with E-state index in [1.54, 1.807) is 0 Å². The quantitative estimate of drug-likeness (QED) is 0.758. The van der Waals surface area contributed by atoms with E-state index in [-0.39, 0.29) is 23.7 Å². The lowest BCUT2D eigenvalue weighted by atomic mass is 9.81. The number of nitrogens with one attached hydrogen (secondary N) is 2. The van der Waals surface area contributed by atoms with Crippen molar-refractivity contribution in [2.24, 2.45) is 11.8 Å². The first kappa shape index (κ1) is 19.9. The molecular formula is C23H28N2O3. The van der Waals surface area contributed by atoms with Gasteiger partial charge in [-0.25, -0.2) is 0 Å². The molecule has 5 heteroatoms. The van der Waals surface area contributed by atoms with Gasteiger partial charge in [-0.15, -0.1) is 0 Å². The van der Waals surface area contributed by atoms with Gasteiger partial charge < -0.3 is 15.4 Å². The van der Waals surface area contributed by atoms with Crippen molar-refractivity contribution >= 4 is 17.5 Å². The summed E-state index contributed by atoms with van der Waals surface area (Å²) < 4.78 is 5.57. The van der Waals surface area contributed by atoms with Crippen LogP contribution in [0.5, 0.6) is 5.75 Å². The number of rotatable bonds is 7. The van der Waals surface area contributed by atoms with Gasteiger partial charge in [0.15, 0.2) is 0 Å². The molecule has 2 N–H and O–H groups in total. The molecule has 0 aliphatic heterocycles. The Morgan fingerprint density at radius 2 is 1.50 bits per heavy atom. The van der Waals surface area contributed by atoms with E-state index in [1.165, 1.54) is 0 Å². The Hall–Kier alpha value is -2.82. The van der Waals surface area contributed by atoms with Gasteiger partial charge in [-0.05, 0) is 50.3 Å². The minimum atomic E-state index is -0.0622. The first-order chi connectivity index (χ1) is 13.7. The predicted octanol–water partition coefficient (Wildman–Crippen LogP) is 4.15. The van der Waals surface area contributed by atoms with E-state index < -0.39 is 0 Å². The minimum Gasteiger partial charge on any atom is -0.492 e. The van der Waals surface area contributed by atoms with Crippen LogP contribution in [0.1, 0.15) is 38.2 Å². The Morgan fingerprint density at radius 1 is 0.893 bits per heavy atom. The summed E-state index contributed by atoms with van der Waals surface area (Å²) in [5, 5.41) is 6.01. The van der Waals surface area contributed by atoms with Gasteiger partial charge in [0.25, 0.3) is 0 Å². The van der Waals surface area contributed by atoms with Crippen LogP contribution >= 0.6 is 0 Å². The molecule has 28 heavy (non-hydrogen) atoms. The average molecular weight is 380 g/mol. The summed E-state index contributed by atoms with van der Waals surface area (Å²) in [5.74, 6) is 0.711. The number of anilines is 1. The molecule has 1 aliphatic carbocycles. The molecule has 2 amide bonds. The summed E-state index contributed by atoms with van der Waals surface area (Å²) in [6.07, 6.45) is 2.94. The number of carbonyl (C=O) groups excluding carboxylic acids is 2. The summed E-state index contributed by atoms with van der Waals surface area (Å²) in [6, 6.07) is 17.4. The van der Waals surface area contributed by atoms with Crippen molar-refractivity contribution in [2.45, 2.75) is 39.2 Å². The Labute approximate surface area is 166 Å². The molecule has 2 aromatic carbocycles. The van der Waals surface area contributed by atoms with E-state index in [9.17, 15) is 9.59 Å². The standard InChI is InChI=1S/C23H28N2O3/c1-2-28-21-11-7-6-10-20(21)25-23(27)19-14-12-18(13-15-19)22(26)24-16-17-8-4-3-5-9-17/h3-11,18-19H,2,12-16H2,1H3,(H,24,26)(H,25,27). The lowest BCUT2D eigenvalue weighted by Gasteiger charge is -2.27. The second-order valence-corrected chi connectivity index (χ2v) is 7.17. The number of hydrogen-bond donors (Lipinski definition) is 2. The fraction of sp³-hybridized carbons (Fsp3) is 0.391. The third kappa shape index (κ3) is 5.35. The van der Waals surface area contributed by atoms with E-state index in [1.807, 2.05) is 61.5 Å². The summed E-state index contributed by atoms with van der Waals surface area (Å²) >= 11 is 0. The highest BCUT2D eigenvalue weighted by Crippen LogP contribution is 2.31. The van der Waals surface area contributed by atoms with Gasteiger partial charge in [-0.3, -0.25) is 9.59 Å². The maximum absolute atomic E-state index is 12.6. The van der Waals surface area contributed by atoms with E-state index >= 15 is 0 Å². The van der Waals surface area contributed by atoms with Crippen molar-refractivity contribution in [2.75, 3.05) is 11.9 Å². The predicted molar refractivity (Wildman–Crippen MR) is 110 cm³/mol. The first-order valence-electron chi connectivity index (χ1n) is 10.0. The molecule has 0 aromatic heterocycles. The molecule has 148 valence electrons. The third-order valence-corrected chi connectivity index (χ3v) is 5.22. The molecule has 1 saturated carbocycles. The van der Waals surface area contributed by atoms with Gasteiger partial charge in [0.1, 0.15) is 5.75 Å². The number of amides is 2. The summed E-state index contributed by atoms with van der Waals surface area (Å²) in [7, 11) is 0. The highest BCUT2D eigenvalue weighted by atomic mass is 16.5. The molecule has 1 aliphatic rings. The zero-order valence-corrected chi connectivity index (χ0v) is 16.3. The first-order valence-corrected chi connectivity index (χ1v) is 10.0. The van der Waals surface area contributed by atoms with E-state index in [4.69, 9.17) is 4.74 Å². The molecule has 1 fully saturated rings. The Balaban J connectivity index is 1.47. The van der Waals surface area contributed by atoms with Gasteiger partial charge in [0, 0.05) is 18.4 Å². The van der Waals surface area contributed by atoms with Gasteiger partial charge in [-0.2, -0.15) is 0 Å². The van der Waals surface area contributed by atoms with Crippen LogP contribution in [-0.2, 0) is 16.1 Å². The fourth-order valence-electron chi connectivity index (χ4n) is 3.63. The van der Waals surface area contributed by atoms with Crippen molar-refractivity contribution in [1.29, 1.82) is 0 Å². The molecule has 2 aromatic rings. The minimum absolute atomic E-state index is 0.00953. The van der Waals surface area contributed by atoms with Crippen molar-refractivity contribution in [3.05, 3.63) is 60.2 Å². The molecule has 0 bridgehead atoms. The van der Waals surface area contributed by atoms with E-state index in [0.717, 1.165) is 31.2 Å². The maximum Gasteiger partial charge on any atom is 0.227 e. The molecule has 5 nitrogen and oxygen atoms in total. The van der Waals surface area contributed by atoms with Crippen LogP contribution in [0.25, 0.3) is 0 Å². The third-order valence-electron chi connectivity index (χ3n) is 5.22. The van der Waals surface area contributed by atoms with Crippen LogP contribution in [0, 0.1) is 11.8 Å². The Morgan fingerprint density at radius 3 is 2.18 bits per heavy atom. The number of hydrogen-bond acceptors (Lipinski definition) is 3. The van der Waals surface area contributed by atoms with Crippen molar-refractivity contribution in [3.63, 3.8) is 0 Å². The molecule has 0 spiro atoms. The molecule has 0 heterocycles. The SMILES string of the molecule is CCOc1ccccc1NC(=O)C1CCC(C(=O)NCc2ccccc2)CC1. The number of ether oxygens (including phenoxy) is 1. The molecule has 0 unspecified atom stereocenters. The average Bonchev–Trinajstić information content (AvgIpc) is 2.74. The zero-order valence-electron chi connectivity index (χ0n) is 16.3. The van der Waals surface area contributed by atoms with Crippen molar-refractivity contribution in [1.82, 2.24) is 5.32 Å². The van der Waals surface area contributed by atoms with Crippen molar-refractivity contribution < 1.29 is 14.3 Å². The van der Waals surface area contributed by atoms with Crippen LogP contribution in [0.4, 0.5) is 5.69 Å². The normalized spacial score (nSPS) is 18.9. The molecule has 0 saturated heterocycles. The summed E-state index contributed by atoms with van der Waals surface area (Å²) in [4.78, 5) is 25.1. The summed E-state index contributed by atoms with van der Waals surface area (Å²) in [5.41, 5.74) is 1.80. The second kappa shape index (κ2) is 9.93. The molecule has 0 atom stereocenters. The summed E-state index contributed by atoms with van der Waals surface area (Å²) in [6.45, 7) is 3.02. The lowest BCUT2D eigenvalue weighted by molar-refractivity contribution is -0.128. The molecule has 3 rings (SSSR count). The van der Waals surface area contributed by atoms with Crippen LogP contribution in [0.3, 0.4) is 0 Å². The Kier molecular flexibility index (Phi) is 7.06. The topological polar surface area (TPSA) is 67.4 Å². The molecular weight excluding hydrogens is 352 g/mol. The molecule has 0 radical (unpaired) electrons. The van der Waals surface area contributed by atoms with E-state index in [2.05, 4.69) is 10.6 Å².